The van der Waals surface area contributed by atoms with Crippen LogP contribution in [0.3, 0.4) is 0 Å². The lowest BCUT2D eigenvalue weighted by molar-refractivity contribution is -0.144. The minimum absolute atomic E-state index is 0.177. The van der Waals surface area contributed by atoms with Crippen LogP contribution in [0.2, 0.25) is 0 Å². The zero-order valence-electron chi connectivity index (χ0n) is 17.1. The number of nitrogens with zero attached hydrogens (tertiary/aromatic N) is 1. The number of carbonyl (C=O) groups excluding carboxylic acids is 4. The third-order valence-electron chi connectivity index (χ3n) is 5.16. The second-order valence-electron chi connectivity index (χ2n) is 7.13. The number of likely N-dealkylation sites (N-methyl/N-ethyl adjacent to an activating group) is 2. The lowest BCUT2D eigenvalue weighted by Gasteiger charge is -2.33. The van der Waals surface area contributed by atoms with Gasteiger partial charge in [0.2, 0.25) is 23.6 Å². The summed E-state index contributed by atoms with van der Waals surface area (Å²) < 4.78 is 0. The number of amides is 4. The van der Waals surface area contributed by atoms with Gasteiger partial charge in [0.25, 0.3) is 0 Å². The Hall–Kier alpha value is -2.12. The molecule has 0 radical (unpaired) electrons. The average molecular weight is 383 g/mol. The summed E-state index contributed by atoms with van der Waals surface area (Å²) in [7, 11) is 0. The molecule has 1 aliphatic rings. The Morgan fingerprint density at radius 1 is 1.07 bits per heavy atom. The molecule has 1 fully saturated rings. The zero-order valence-corrected chi connectivity index (χ0v) is 17.1. The molecule has 0 saturated carbocycles. The molecule has 3 N–H and O–H groups in total. The minimum atomic E-state index is -0.768. The molecule has 0 bridgehead atoms. The van der Waals surface area contributed by atoms with Gasteiger partial charge in [0.15, 0.2) is 0 Å². The van der Waals surface area contributed by atoms with Crippen molar-refractivity contribution in [3.05, 3.63) is 0 Å². The Balaban J connectivity index is 3.08. The lowest BCUT2D eigenvalue weighted by Crippen LogP contribution is -2.56. The van der Waals surface area contributed by atoms with Crippen molar-refractivity contribution in [3.8, 4) is 0 Å². The van der Waals surface area contributed by atoms with Crippen molar-refractivity contribution in [3.63, 3.8) is 0 Å². The zero-order chi connectivity index (χ0) is 20.6. The largest absolute Gasteiger partial charge is 0.356 e. The van der Waals surface area contributed by atoms with Crippen LogP contribution in [0.1, 0.15) is 53.9 Å². The summed E-state index contributed by atoms with van der Waals surface area (Å²) in [6, 6.07) is -1.35. The van der Waals surface area contributed by atoms with E-state index < -0.39 is 23.9 Å². The first-order valence-corrected chi connectivity index (χ1v) is 9.90. The lowest BCUT2D eigenvalue weighted by atomic mass is 9.93. The van der Waals surface area contributed by atoms with E-state index in [1.54, 1.807) is 20.8 Å². The first kappa shape index (κ1) is 22.9. The highest BCUT2D eigenvalue weighted by Crippen LogP contribution is 2.15. The molecule has 1 heterocycles. The maximum Gasteiger partial charge on any atom is 0.245 e. The molecule has 4 unspecified atom stereocenters. The highest BCUT2D eigenvalue weighted by molar-refractivity contribution is 5.93. The van der Waals surface area contributed by atoms with Crippen LogP contribution in [0.5, 0.6) is 0 Å². The Labute approximate surface area is 161 Å². The second-order valence-corrected chi connectivity index (χ2v) is 7.13. The molecule has 154 valence electrons. The summed E-state index contributed by atoms with van der Waals surface area (Å²) in [5.74, 6) is -2.05. The molecule has 8 nitrogen and oxygen atoms in total. The summed E-state index contributed by atoms with van der Waals surface area (Å²) in [6.07, 6.45) is 1.92. The fourth-order valence-electron chi connectivity index (χ4n) is 3.20. The summed E-state index contributed by atoms with van der Waals surface area (Å²) >= 11 is 0. The van der Waals surface area contributed by atoms with Crippen LogP contribution < -0.4 is 16.0 Å². The van der Waals surface area contributed by atoms with Gasteiger partial charge < -0.3 is 20.9 Å². The number of carbonyl (C=O) groups is 4. The third-order valence-corrected chi connectivity index (χ3v) is 5.16. The van der Waals surface area contributed by atoms with Gasteiger partial charge in [0.1, 0.15) is 12.1 Å². The van der Waals surface area contributed by atoms with Crippen LogP contribution in [-0.4, -0.2) is 60.2 Å². The van der Waals surface area contributed by atoms with Gasteiger partial charge in [-0.1, -0.05) is 13.8 Å². The van der Waals surface area contributed by atoms with Crippen LogP contribution in [-0.2, 0) is 19.2 Å². The first-order valence-electron chi connectivity index (χ1n) is 9.90. The molecule has 1 aliphatic heterocycles. The van der Waals surface area contributed by atoms with Crippen molar-refractivity contribution >= 4 is 23.6 Å². The maximum absolute atomic E-state index is 12.9. The molecule has 0 aromatic heterocycles. The van der Waals surface area contributed by atoms with E-state index in [2.05, 4.69) is 16.0 Å². The van der Waals surface area contributed by atoms with Crippen molar-refractivity contribution in [2.45, 2.75) is 66.0 Å². The molecular formula is C19H34N4O4. The molecule has 1 rings (SSSR count). The predicted molar refractivity (Wildman–Crippen MR) is 103 cm³/mol. The van der Waals surface area contributed by atoms with Crippen LogP contribution >= 0.6 is 0 Å². The van der Waals surface area contributed by atoms with E-state index >= 15 is 0 Å². The monoisotopic (exact) mass is 382 g/mol. The number of hydrogen-bond donors (Lipinski definition) is 3. The summed E-state index contributed by atoms with van der Waals surface area (Å²) in [4.78, 5) is 51.6. The van der Waals surface area contributed by atoms with Crippen LogP contribution in [0.4, 0.5) is 0 Å². The fraction of sp³-hybridized carbons (Fsp3) is 0.789. The van der Waals surface area contributed by atoms with E-state index in [1.165, 1.54) is 4.90 Å². The van der Waals surface area contributed by atoms with E-state index in [9.17, 15) is 19.2 Å². The molecular weight excluding hydrogens is 348 g/mol. The van der Waals surface area contributed by atoms with Gasteiger partial charge in [0.05, 0.1) is 0 Å². The van der Waals surface area contributed by atoms with Gasteiger partial charge >= 0.3 is 0 Å². The number of rotatable bonds is 3. The minimum Gasteiger partial charge on any atom is -0.356 e. The third kappa shape index (κ3) is 6.22. The molecule has 4 amide bonds. The molecule has 8 heteroatoms. The highest BCUT2D eigenvalue weighted by Gasteiger charge is 2.33. The van der Waals surface area contributed by atoms with Gasteiger partial charge in [-0.25, -0.2) is 0 Å². The average Bonchev–Trinajstić information content (AvgIpc) is 2.64. The first-order chi connectivity index (χ1) is 12.7. The van der Waals surface area contributed by atoms with E-state index in [1.807, 2.05) is 13.8 Å². The standard InChI is InChI=1S/C19H34N4O4/c1-6-20-18(26)15-10-8-9-11-21-16(24)12(3)13(4)17(25)22-14(5)19(27)23(15)7-2/h12-15H,6-11H2,1-5H3,(H,20,26)(H,21,24)(H,22,25). The van der Waals surface area contributed by atoms with Gasteiger partial charge in [-0.3, -0.25) is 19.2 Å². The van der Waals surface area contributed by atoms with Crippen molar-refractivity contribution in [1.82, 2.24) is 20.9 Å². The Bertz CT molecular complexity index is 552. The van der Waals surface area contributed by atoms with Gasteiger partial charge in [-0.2, -0.15) is 0 Å². The Kier molecular flexibility index (Phi) is 9.25. The molecule has 27 heavy (non-hydrogen) atoms. The van der Waals surface area contributed by atoms with Gasteiger partial charge in [-0.15, -0.1) is 0 Å². The SMILES string of the molecule is CCNC(=O)C1CCCCNC(=O)C(C)C(C)C(=O)NC(C)C(=O)N1CC. The Morgan fingerprint density at radius 2 is 1.70 bits per heavy atom. The molecule has 0 spiro atoms. The summed E-state index contributed by atoms with van der Waals surface area (Å²) in [5, 5.41) is 8.34. The normalized spacial score (nSPS) is 28.8. The van der Waals surface area contributed by atoms with Crippen LogP contribution in [0, 0.1) is 11.8 Å². The topological polar surface area (TPSA) is 108 Å². The molecule has 0 aromatic carbocycles. The van der Waals surface area contributed by atoms with Gasteiger partial charge in [-0.05, 0) is 40.0 Å². The van der Waals surface area contributed by atoms with Crippen LogP contribution in [0.25, 0.3) is 0 Å². The van der Waals surface area contributed by atoms with Crippen molar-refractivity contribution in [2.75, 3.05) is 19.6 Å². The predicted octanol–water partition coefficient (Wildman–Crippen LogP) is 0.417. The fourth-order valence-corrected chi connectivity index (χ4v) is 3.20. The van der Waals surface area contributed by atoms with E-state index in [-0.39, 0.29) is 23.6 Å². The van der Waals surface area contributed by atoms with E-state index in [0.717, 1.165) is 0 Å². The maximum atomic E-state index is 12.9. The number of hydrogen-bond acceptors (Lipinski definition) is 4. The summed E-state index contributed by atoms with van der Waals surface area (Å²) in [5.41, 5.74) is 0. The molecule has 4 atom stereocenters. The van der Waals surface area contributed by atoms with E-state index in [4.69, 9.17) is 0 Å². The van der Waals surface area contributed by atoms with Crippen molar-refractivity contribution < 1.29 is 19.2 Å². The van der Waals surface area contributed by atoms with Gasteiger partial charge in [0, 0.05) is 31.5 Å². The van der Waals surface area contributed by atoms with Crippen molar-refractivity contribution in [1.29, 1.82) is 0 Å². The molecule has 0 aromatic rings. The molecule has 1 saturated heterocycles. The summed E-state index contributed by atoms with van der Waals surface area (Å²) in [6.45, 7) is 10.0. The van der Waals surface area contributed by atoms with Crippen LogP contribution in [0.15, 0.2) is 0 Å². The van der Waals surface area contributed by atoms with Crippen molar-refractivity contribution in [2.24, 2.45) is 11.8 Å². The number of nitrogens with one attached hydrogen (secondary N) is 3. The van der Waals surface area contributed by atoms with E-state index in [0.29, 0.717) is 38.9 Å². The Morgan fingerprint density at radius 3 is 2.30 bits per heavy atom. The molecule has 0 aliphatic carbocycles. The second kappa shape index (κ2) is 10.9. The quantitative estimate of drug-likeness (QED) is 0.657. The smallest absolute Gasteiger partial charge is 0.245 e. The highest BCUT2D eigenvalue weighted by atomic mass is 16.2.